The van der Waals surface area contributed by atoms with Gasteiger partial charge >= 0.3 is 6.09 Å². The Balaban J connectivity index is 1.54. The summed E-state index contributed by atoms with van der Waals surface area (Å²) >= 11 is 1.38. The Bertz CT molecular complexity index is 1080. The first kappa shape index (κ1) is 21.9. The highest BCUT2D eigenvalue weighted by Gasteiger charge is 2.75. The van der Waals surface area contributed by atoms with Crippen LogP contribution in [-0.2, 0) is 14.2 Å². The number of aliphatic hydroxyl groups is 1. The van der Waals surface area contributed by atoms with E-state index < -0.39 is 17.5 Å². The second-order valence-electron chi connectivity index (χ2n) is 10.2. The third-order valence-corrected chi connectivity index (χ3v) is 6.99. The van der Waals surface area contributed by atoms with Crippen LogP contribution < -0.4 is 5.32 Å². The van der Waals surface area contributed by atoms with E-state index >= 15 is 0 Å². The van der Waals surface area contributed by atoms with Gasteiger partial charge in [0.05, 0.1) is 25.1 Å². The summed E-state index contributed by atoms with van der Waals surface area (Å²) < 4.78 is 19.9. The van der Waals surface area contributed by atoms with Gasteiger partial charge in [-0.1, -0.05) is 11.8 Å². The summed E-state index contributed by atoms with van der Waals surface area (Å²) in [5.41, 5.74) is 0.147. The normalized spacial score (nSPS) is 32.6. The van der Waals surface area contributed by atoms with Crippen LogP contribution in [0.15, 0.2) is 11.5 Å². The van der Waals surface area contributed by atoms with Crippen molar-refractivity contribution < 1.29 is 24.1 Å². The molecular formula is C21H29N5O5S. The van der Waals surface area contributed by atoms with E-state index in [0.717, 1.165) is 6.42 Å². The number of nitrogens with one attached hydrogen (secondary N) is 1. The molecule has 1 aliphatic heterocycles. The van der Waals surface area contributed by atoms with Crippen molar-refractivity contribution in [2.75, 3.05) is 18.2 Å². The zero-order valence-corrected chi connectivity index (χ0v) is 19.9. The van der Waals surface area contributed by atoms with E-state index in [1.54, 1.807) is 27.1 Å². The molecule has 2 aromatic heterocycles. The van der Waals surface area contributed by atoms with Gasteiger partial charge in [0.1, 0.15) is 11.7 Å². The molecule has 2 N–H and O–H groups in total. The summed E-state index contributed by atoms with van der Waals surface area (Å²) in [6, 6.07) is -0.0853. The number of carbonyl (C=O) groups is 1. The van der Waals surface area contributed by atoms with Crippen LogP contribution in [0.3, 0.4) is 0 Å². The second-order valence-corrected chi connectivity index (χ2v) is 11.0. The van der Waals surface area contributed by atoms with E-state index in [2.05, 4.69) is 15.3 Å². The van der Waals surface area contributed by atoms with Gasteiger partial charge in [-0.05, 0) is 53.2 Å². The molecule has 0 bridgehead atoms. The van der Waals surface area contributed by atoms with Crippen molar-refractivity contribution in [3.63, 3.8) is 0 Å². The number of rotatable bonds is 4. The largest absolute Gasteiger partial charge is 0.444 e. The molecule has 3 heterocycles. The summed E-state index contributed by atoms with van der Waals surface area (Å²) in [7, 11) is 0. The molecule has 174 valence electrons. The molecule has 0 aromatic carbocycles. The van der Waals surface area contributed by atoms with Gasteiger partial charge in [0.15, 0.2) is 27.9 Å². The number of nitrogens with zero attached hydrogens (tertiary/aromatic N) is 4. The molecule has 3 fully saturated rings. The van der Waals surface area contributed by atoms with Gasteiger partial charge in [-0.15, -0.1) is 0 Å². The van der Waals surface area contributed by atoms with E-state index in [-0.39, 0.29) is 36.2 Å². The first-order valence-electron chi connectivity index (χ1n) is 10.7. The highest BCUT2D eigenvalue weighted by Crippen LogP contribution is 2.71. The maximum atomic E-state index is 12.4. The minimum Gasteiger partial charge on any atom is -0.444 e. The summed E-state index contributed by atoms with van der Waals surface area (Å²) in [6.45, 7) is 9.25. The maximum absolute atomic E-state index is 12.4. The molecule has 2 aliphatic carbocycles. The number of aromatic nitrogens is 4. The zero-order valence-electron chi connectivity index (χ0n) is 19.1. The van der Waals surface area contributed by atoms with Crippen molar-refractivity contribution in [2.45, 2.75) is 75.8 Å². The fourth-order valence-electron chi connectivity index (χ4n) is 5.17. The first-order chi connectivity index (χ1) is 15.0. The molecule has 2 saturated carbocycles. The molecule has 0 radical (unpaired) electrons. The number of hydrogen-bond donors (Lipinski definition) is 2. The highest BCUT2D eigenvalue weighted by molar-refractivity contribution is 7.98. The smallest absolute Gasteiger partial charge is 0.413 e. The number of aliphatic hydroxyl groups excluding tert-OH is 1. The highest BCUT2D eigenvalue weighted by atomic mass is 32.2. The van der Waals surface area contributed by atoms with Crippen molar-refractivity contribution in [3.05, 3.63) is 6.33 Å². The molecule has 11 heteroatoms. The van der Waals surface area contributed by atoms with Crippen LogP contribution >= 0.6 is 11.8 Å². The third kappa shape index (κ3) is 3.37. The van der Waals surface area contributed by atoms with E-state index in [4.69, 9.17) is 19.2 Å². The molecule has 3 aliphatic rings. The fourth-order valence-corrected chi connectivity index (χ4v) is 5.53. The Kier molecular flexibility index (Phi) is 4.80. The Labute approximate surface area is 190 Å². The van der Waals surface area contributed by atoms with Crippen molar-refractivity contribution in [1.29, 1.82) is 0 Å². The predicted octanol–water partition coefficient (Wildman–Crippen LogP) is 2.97. The summed E-state index contributed by atoms with van der Waals surface area (Å²) in [6.07, 6.45) is 3.44. The lowest BCUT2D eigenvalue weighted by molar-refractivity contribution is -0.163. The van der Waals surface area contributed by atoms with E-state index in [9.17, 15) is 9.90 Å². The van der Waals surface area contributed by atoms with Gasteiger partial charge in [0.25, 0.3) is 0 Å². The summed E-state index contributed by atoms with van der Waals surface area (Å²) in [5.74, 6) is -0.219. The van der Waals surface area contributed by atoms with Crippen molar-refractivity contribution in [3.8, 4) is 0 Å². The van der Waals surface area contributed by atoms with Gasteiger partial charge in [-0.25, -0.2) is 19.7 Å². The summed E-state index contributed by atoms with van der Waals surface area (Å²) in [4.78, 5) is 26.1. The number of ether oxygens (including phenoxy) is 3. The number of amides is 1. The Morgan fingerprint density at radius 3 is 2.78 bits per heavy atom. The minimum absolute atomic E-state index is 0.0535. The fraction of sp³-hybridized carbons (Fsp3) is 0.714. The van der Waals surface area contributed by atoms with Crippen LogP contribution in [0.5, 0.6) is 0 Å². The third-order valence-electron chi connectivity index (χ3n) is 6.44. The van der Waals surface area contributed by atoms with Crippen LogP contribution in [0.25, 0.3) is 11.2 Å². The lowest BCUT2D eigenvalue weighted by Gasteiger charge is -2.24. The molecule has 1 unspecified atom stereocenters. The van der Waals surface area contributed by atoms with Crippen LogP contribution in [0, 0.1) is 11.3 Å². The molecule has 1 amide bonds. The van der Waals surface area contributed by atoms with Gasteiger partial charge in [-0.3, -0.25) is 5.32 Å². The number of imidazole rings is 1. The van der Waals surface area contributed by atoms with Crippen LogP contribution in [0.1, 0.15) is 47.1 Å². The van der Waals surface area contributed by atoms with Crippen LogP contribution in [-0.4, -0.2) is 67.2 Å². The molecular weight excluding hydrogens is 434 g/mol. The zero-order chi connectivity index (χ0) is 23.1. The number of carbonyl (C=O) groups excluding carboxylic acids is 1. The quantitative estimate of drug-likeness (QED) is 0.521. The van der Waals surface area contributed by atoms with Crippen LogP contribution in [0.2, 0.25) is 0 Å². The lowest BCUT2D eigenvalue weighted by Crippen LogP contribution is -2.33. The summed E-state index contributed by atoms with van der Waals surface area (Å²) in [5, 5.41) is 13.4. The van der Waals surface area contributed by atoms with E-state index in [0.29, 0.717) is 22.1 Å². The predicted molar refractivity (Wildman–Crippen MR) is 117 cm³/mol. The standard InChI is InChI=1S/C21H29N5O5S/c1-19(2,3)31-18(28)24-15-11-16(25-17(23-15)32-6)26(9-22-11)12-10-7-21(10,8-27)14-13(12)29-20(4,5)30-14/h9-10,12-14,27H,7-8H2,1-6H3,(H,23,24,25,28)/t10-,12-,13+,14+,21?/m1/s1. The van der Waals surface area contributed by atoms with Gasteiger partial charge in [0.2, 0.25) is 0 Å². The van der Waals surface area contributed by atoms with E-state index in [1.165, 1.54) is 11.8 Å². The molecule has 5 atom stereocenters. The Hall–Kier alpha value is -1.95. The van der Waals surface area contributed by atoms with Crippen LogP contribution in [0.4, 0.5) is 10.6 Å². The molecule has 0 spiro atoms. The monoisotopic (exact) mass is 463 g/mol. The van der Waals surface area contributed by atoms with Crippen molar-refractivity contribution >= 4 is 34.8 Å². The van der Waals surface area contributed by atoms with Crippen molar-refractivity contribution in [2.24, 2.45) is 11.3 Å². The molecule has 5 rings (SSSR count). The topological polar surface area (TPSA) is 121 Å². The second kappa shape index (κ2) is 7.02. The first-order valence-corrected chi connectivity index (χ1v) is 12.0. The van der Waals surface area contributed by atoms with Gasteiger partial charge < -0.3 is 23.9 Å². The number of anilines is 1. The Morgan fingerprint density at radius 2 is 2.12 bits per heavy atom. The number of fused-ring (bicyclic) bond motifs is 4. The molecule has 32 heavy (non-hydrogen) atoms. The van der Waals surface area contributed by atoms with E-state index in [1.807, 2.05) is 24.7 Å². The minimum atomic E-state index is -0.720. The van der Waals surface area contributed by atoms with Gasteiger partial charge in [0, 0.05) is 5.41 Å². The maximum Gasteiger partial charge on any atom is 0.413 e. The average Bonchev–Trinajstić information content (AvgIpc) is 2.96. The average molecular weight is 464 g/mol. The molecule has 10 nitrogen and oxygen atoms in total. The molecule has 1 saturated heterocycles. The Morgan fingerprint density at radius 1 is 1.38 bits per heavy atom. The number of hydrogen-bond acceptors (Lipinski definition) is 9. The van der Waals surface area contributed by atoms with Crippen molar-refractivity contribution in [1.82, 2.24) is 19.5 Å². The lowest BCUT2D eigenvalue weighted by atomic mass is 10.0. The SMILES string of the molecule is CSc1nc(NC(=O)OC(C)(C)C)c2ncn([C@H]3[C@@H]4OC(C)(C)O[C@@H]4C4(CO)C[C@H]34)c2n1. The number of thioether (sulfide) groups is 1. The van der Waals surface area contributed by atoms with Gasteiger partial charge in [-0.2, -0.15) is 0 Å². The molecule has 2 aromatic rings.